The van der Waals surface area contributed by atoms with E-state index < -0.39 is 11.7 Å². The zero-order valence-corrected chi connectivity index (χ0v) is 18.4. The topological polar surface area (TPSA) is 77.8 Å². The molecule has 166 valence electrons. The number of unbranched alkanes of at least 4 members (excludes halogenated alkanes) is 15. The number of carboxylic acids is 1. The summed E-state index contributed by atoms with van der Waals surface area (Å²) in [6, 6.07) is 2.96. The lowest BCUT2D eigenvalue weighted by molar-refractivity contribution is 0.0693. The highest BCUT2D eigenvalue weighted by Crippen LogP contribution is 2.33. The zero-order valence-electron chi connectivity index (χ0n) is 18.4. The second kappa shape index (κ2) is 16.1. The molecule has 0 saturated heterocycles. The predicted molar refractivity (Wildman–Crippen MR) is 120 cm³/mol. The lowest BCUT2D eigenvalue weighted by Crippen LogP contribution is -1.98. The maximum atomic E-state index is 10.9. The molecule has 1 rings (SSSR count). The number of aryl methyl sites for hydroxylation is 1. The fraction of sp³-hybridized carbons (Fsp3) is 0.720. The maximum Gasteiger partial charge on any atom is 0.339 e. The number of phenolic OH excluding ortho intramolecular Hbond substituents is 1. The molecule has 0 heterocycles. The Morgan fingerprint density at radius 1 is 0.655 bits per heavy atom. The number of hydrogen-bond acceptors (Lipinski definition) is 3. The third-order valence-electron chi connectivity index (χ3n) is 5.76. The van der Waals surface area contributed by atoms with Crippen LogP contribution in [0.1, 0.15) is 126 Å². The van der Waals surface area contributed by atoms with E-state index in [1.54, 1.807) is 6.07 Å². The molecule has 0 amide bonds. The number of benzene rings is 1. The summed E-state index contributed by atoms with van der Waals surface area (Å²) in [4.78, 5) is 10.9. The number of rotatable bonds is 18. The predicted octanol–water partition coefficient (Wildman–Crippen LogP) is 7.60. The van der Waals surface area contributed by atoms with Gasteiger partial charge in [-0.15, -0.1) is 0 Å². The molecule has 0 aromatic heterocycles. The van der Waals surface area contributed by atoms with Gasteiger partial charge in [-0.25, -0.2) is 4.79 Å². The standard InChI is InChI=1S/C25H42O4/c1-2-3-4-5-6-7-8-9-10-11-12-13-14-15-16-17-18-21-19-20-22(25(28)29)24(27)23(21)26/h19-20,26-27H,2-18H2,1H3,(H,28,29). The summed E-state index contributed by atoms with van der Waals surface area (Å²) < 4.78 is 0. The molecule has 0 atom stereocenters. The minimum Gasteiger partial charge on any atom is -0.504 e. The number of carbonyl (C=O) groups is 1. The SMILES string of the molecule is CCCCCCCCCCCCCCCCCCc1ccc(C(=O)O)c(O)c1O. The number of hydrogen-bond donors (Lipinski definition) is 3. The van der Waals surface area contributed by atoms with Crippen molar-refractivity contribution in [2.24, 2.45) is 0 Å². The Morgan fingerprint density at radius 3 is 1.48 bits per heavy atom. The van der Waals surface area contributed by atoms with Crippen LogP contribution in [-0.2, 0) is 6.42 Å². The van der Waals surface area contributed by atoms with E-state index in [0.29, 0.717) is 12.0 Å². The highest BCUT2D eigenvalue weighted by atomic mass is 16.4. The van der Waals surface area contributed by atoms with E-state index in [1.807, 2.05) is 0 Å². The molecule has 0 aliphatic heterocycles. The van der Waals surface area contributed by atoms with Gasteiger partial charge in [-0.3, -0.25) is 0 Å². The fourth-order valence-corrected chi connectivity index (χ4v) is 3.86. The highest BCUT2D eigenvalue weighted by Gasteiger charge is 2.16. The minimum absolute atomic E-state index is 0.252. The van der Waals surface area contributed by atoms with Gasteiger partial charge in [0.15, 0.2) is 11.5 Å². The van der Waals surface area contributed by atoms with E-state index in [2.05, 4.69) is 6.92 Å². The summed E-state index contributed by atoms with van der Waals surface area (Å²) >= 11 is 0. The zero-order chi connectivity index (χ0) is 21.3. The summed E-state index contributed by atoms with van der Waals surface area (Å²) in [7, 11) is 0. The van der Waals surface area contributed by atoms with Crippen LogP contribution in [0.4, 0.5) is 0 Å². The summed E-state index contributed by atoms with van der Waals surface area (Å²) in [5.74, 6) is -2.04. The lowest BCUT2D eigenvalue weighted by Gasteiger charge is -2.08. The van der Waals surface area contributed by atoms with E-state index in [0.717, 1.165) is 12.8 Å². The van der Waals surface area contributed by atoms with Crippen molar-refractivity contribution in [2.75, 3.05) is 0 Å². The van der Waals surface area contributed by atoms with Gasteiger partial charge in [-0.2, -0.15) is 0 Å². The first-order chi connectivity index (χ1) is 14.1. The average Bonchev–Trinajstić information content (AvgIpc) is 2.70. The monoisotopic (exact) mass is 406 g/mol. The van der Waals surface area contributed by atoms with E-state index in [9.17, 15) is 15.0 Å². The number of carboxylic acid groups (broad SMARTS) is 1. The number of aromatic carboxylic acids is 1. The van der Waals surface area contributed by atoms with Gasteiger partial charge in [-0.1, -0.05) is 109 Å². The number of phenols is 2. The second-order valence-electron chi connectivity index (χ2n) is 8.33. The Labute approximate surface area is 177 Å². The van der Waals surface area contributed by atoms with Gasteiger partial charge in [0.1, 0.15) is 5.56 Å². The van der Waals surface area contributed by atoms with Gasteiger partial charge in [0, 0.05) is 0 Å². The Bertz CT molecular complexity index is 568. The van der Waals surface area contributed by atoms with E-state index in [4.69, 9.17) is 5.11 Å². The fourth-order valence-electron chi connectivity index (χ4n) is 3.86. The second-order valence-corrected chi connectivity index (χ2v) is 8.33. The van der Waals surface area contributed by atoms with Crippen LogP contribution in [0.2, 0.25) is 0 Å². The highest BCUT2D eigenvalue weighted by molar-refractivity contribution is 5.92. The van der Waals surface area contributed by atoms with Crippen molar-refractivity contribution in [3.8, 4) is 11.5 Å². The molecule has 0 aliphatic carbocycles. The van der Waals surface area contributed by atoms with Gasteiger partial charge in [0.2, 0.25) is 0 Å². The van der Waals surface area contributed by atoms with Crippen LogP contribution < -0.4 is 0 Å². The molecule has 0 bridgehead atoms. The summed E-state index contributed by atoms with van der Waals surface area (Å²) in [6.07, 6.45) is 21.7. The molecule has 0 radical (unpaired) electrons. The van der Waals surface area contributed by atoms with E-state index >= 15 is 0 Å². The van der Waals surface area contributed by atoms with Crippen LogP contribution in [0, 0.1) is 0 Å². The molecule has 1 aromatic carbocycles. The third kappa shape index (κ3) is 11.2. The molecule has 0 unspecified atom stereocenters. The van der Waals surface area contributed by atoms with Crippen LogP contribution in [0.3, 0.4) is 0 Å². The molecular formula is C25H42O4. The normalized spacial score (nSPS) is 11.1. The van der Waals surface area contributed by atoms with Crippen molar-refractivity contribution in [3.05, 3.63) is 23.3 Å². The molecule has 3 N–H and O–H groups in total. The van der Waals surface area contributed by atoms with E-state index in [1.165, 1.54) is 96.0 Å². The quantitative estimate of drug-likeness (QED) is 0.173. The maximum absolute atomic E-state index is 10.9. The van der Waals surface area contributed by atoms with Crippen LogP contribution in [0.25, 0.3) is 0 Å². The Kier molecular flexibility index (Phi) is 14.1. The Balaban J connectivity index is 1.94. The minimum atomic E-state index is -1.23. The van der Waals surface area contributed by atoms with Gasteiger partial charge >= 0.3 is 5.97 Å². The first-order valence-corrected chi connectivity index (χ1v) is 11.8. The van der Waals surface area contributed by atoms with Crippen molar-refractivity contribution in [1.29, 1.82) is 0 Å². The summed E-state index contributed by atoms with van der Waals surface area (Å²) in [6.45, 7) is 2.27. The number of aromatic hydroxyl groups is 2. The van der Waals surface area contributed by atoms with Crippen molar-refractivity contribution in [1.82, 2.24) is 0 Å². The molecule has 1 aromatic rings. The molecule has 0 saturated carbocycles. The molecule has 0 fully saturated rings. The molecule has 4 nitrogen and oxygen atoms in total. The first-order valence-electron chi connectivity index (χ1n) is 11.8. The van der Waals surface area contributed by atoms with Crippen molar-refractivity contribution < 1.29 is 20.1 Å². The summed E-state index contributed by atoms with van der Waals surface area (Å²) in [5.41, 5.74) is 0.371. The molecular weight excluding hydrogens is 364 g/mol. The third-order valence-corrected chi connectivity index (χ3v) is 5.76. The Hall–Kier alpha value is -1.71. The van der Waals surface area contributed by atoms with Gasteiger partial charge in [0.25, 0.3) is 0 Å². The average molecular weight is 407 g/mol. The van der Waals surface area contributed by atoms with Gasteiger partial charge in [0.05, 0.1) is 0 Å². The van der Waals surface area contributed by atoms with Crippen LogP contribution >= 0.6 is 0 Å². The van der Waals surface area contributed by atoms with Gasteiger partial charge < -0.3 is 15.3 Å². The molecule has 4 heteroatoms. The van der Waals surface area contributed by atoms with Crippen LogP contribution in [0.5, 0.6) is 11.5 Å². The summed E-state index contributed by atoms with van der Waals surface area (Å²) in [5, 5.41) is 28.6. The van der Waals surface area contributed by atoms with E-state index in [-0.39, 0.29) is 11.3 Å². The van der Waals surface area contributed by atoms with Crippen molar-refractivity contribution in [3.63, 3.8) is 0 Å². The van der Waals surface area contributed by atoms with Crippen molar-refractivity contribution >= 4 is 5.97 Å². The van der Waals surface area contributed by atoms with Gasteiger partial charge in [-0.05, 0) is 24.5 Å². The lowest BCUT2D eigenvalue weighted by atomic mass is 10.0. The molecule has 0 spiro atoms. The first kappa shape index (κ1) is 25.3. The van der Waals surface area contributed by atoms with Crippen LogP contribution in [-0.4, -0.2) is 21.3 Å². The Morgan fingerprint density at radius 2 is 1.07 bits per heavy atom. The smallest absolute Gasteiger partial charge is 0.339 e. The largest absolute Gasteiger partial charge is 0.504 e. The molecule has 29 heavy (non-hydrogen) atoms. The molecule has 0 aliphatic rings. The van der Waals surface area contributed by atoms with Crippen LogP contribution in [0.15, 0.2) is 12.1 Å². The van der Waals surface area contributed by atoms with Crippen molar-refractivity contribution in [2.45, 2.75) is 116 Å².